The van der Waals surface area contributed by atoms with Crippen LogP contribution in [0.5, 0.6) is 0 Å². The molecule has 0 aromatic heterocycles. The molecule has 0 spiro atoms. The molecule has 2 aliphatic rings. The van der Waals surface area contributed by atoms with Gasteiger partial charge in [-0.1, -0.05) is 32.4 Å². The van der Waals surface area contributed by atoms with Gasteiger partial charge in [0.05, 0.1) is 5.60 Å². The number of carbonyl (C=O) groups is 2. The van der Waals surface area contributed by atoms with Crippen LogP contribution in [0.15, 0.2) is 23.3 Å². The lowest BCUT2D eigenvalue weighted by atomic mass is 9.66. The largest absolute Gasteiger partial charge is 0.454 e. The van der Waals surface area contributed by atoms with Crippen LogP contribution in [0.2, 0.25) is 0 Å². The summed E-state index contributed by atoms with van der Waals surface area (Å²) in [5.74, 6) is -0.675. The number of ether oxygens (including phenoxy) is 1. The zero-order valence-corrected chi connectivity index (χ0v) is 15.7. The van der Waals surface area contributed by atoms with Gasteiger partial charge in [0.25, 0.3) is 0 Å². The maximum atomic E-state index is 12.7. The number of esters is 1. The molecule has 0 aromatic carbocycles. The summed E-state index contributed by atoms with van der Waals surface area (Å²) in [6.45, 7) is 11.3. The van der Waals surface area contributed by atoms with E-state index in [1.54, 1.807) is 19.9 Å². The van der Waals surface area contributed by atoms with Crippen LogP contribution in [0.25, 0.3) is 0 Å². The average molecular weight is 334 g/mol. The smallest absolute Gasteiger partial charge is 0.333 e. The first-order chi connectivity index (χ1) is 11.1. The molecule has 1 fully saturated rings. The molecular formula is C20H30O4. The first kappa shape index (κ1) is 18.9. The zero-order chi connectivity index (χ0) is 18.3. The van der Waals surface area contributed by atoms with E-state index >= 15 is 0 Å². The Morgan fingerprint density at radius 2 is 2.08 bits per heavy atom. The molecule has 0 aliphatic heterocycles. The van der Waals surface area contributed by atoms with Crippen LogP contribution in [0.3, 0.4) is 0 Å². The summed E-state index contributed by atoms with van der Waals surface area (Å²) in [5, 5.41) is 11.6. The lowest BCUT2D eigenvalue weighted by Crippen LogP contribution is -2.54. The van der Waals surface area contributed by atoms with Crippen LogP contribution in [-0.4, -0.2) is 28.6 Å². The maximum absolute atomic E-state index is 12.7. The lowest BCUT2D eigenvalue weighted by molar-refractivity contribution is -0.166. The van der Waals surface area contributed by atoms with Crippen molar-refractivity contribution in [2.75, 3.05) is 0 Å². The molecule has 0 bridgehead atoms. The molecule has 0 heterocycles. The van der Waals surface area contributed by atoms with Gasteiger partial charge in [-0.05, 0) is 45.6 Å². The summed E-state index contributed by atoms with van der Waals surface area (Å²) in [4.78, 5) is 25.0. The first-order valence-electron chi connectivity index (χ1n) is 8.83. The number of rotatable bonds is 3. The number of hydrogen-bond acceptors (Lipinski definition) is 4. The van der Waals surface area contributed by atoms with E-state index in [1.165, 1.54) is 0 Å². The fourth-order valence-electron chi connectivity index (χ4n) is 4.36. The number of fused-ring (bicyclic) bond motifs is 1. The molecule has 24 heavy (non-hydrogen) atoms. The average Bonchev–Trinajstić information content (AvgIpc) is 2.65. The normalized spacial score (nSPS) is 37.1. The fraction of sp³-hybridized carbons (Fsp3) is 0.700. The molecule has 2 rings (SSSR count). The molecule has 0 amide bonds. The van der Waals surface area contributed by atoms with Crippen molar-refractivity contribution in [3.63, 3.8) is 0 Å². The zero-order valence-electron chi connectivity index (χ0n) is 15.7. The summed E-state index contributed by atoms with van der Waals surface area (Å²) in [6, 6.07) is 0. The van der Waals surface area contributed by atoms with Crippen molar-refractivity contribution in [2.45, 2.75) is 72.5 Å². The highest BCUT2D eigenvalue weighted by Gasteiger charge is 2.65. The number of aliphatic hydroxyl groups is 1. The van der Waals surface area contributed by atoms with Crippen LogP contribution < -0.4 is 0 Å². The monoisotopic (exact) mass is 334 g/mol. The van der Waals surface area contributed by atoms with E-state index in [1.807, 2.05) is 33.8 Å². The third-order valence-electron chi connectivity index (χ3n) is 6.01. The fourth-order valence-corrected chi connectivity index (χ4v) is 4.36. The summed E-state index contributed by atoms with van der Waals surface area (Å²) >= 11 is 0. The molecule has 134 valence electrons. The Morgan fingerprint density at radius 3 is 2.62 bits per heavy atom. The van der Waals surface area contributed by atoms with E-state index < -0.39 is 29.0 Å². The van der Waals surface area contributed by atoms with E-state index in [2.05, 4.69) is 0 Å². The van der Waals surface area contributed by atoms with Gasteiger partial charge >= 0.3 is 5.97 Å². The number of Topliss-reactive ketones (excluding diaryl/α,β-unsaturated/α-hetero) is 1. The molecule has 0 unspecified atom stereocenters. The van der Waals surface area contributed by atoms with Crippen molar-refractivity contribution < 1.29 is 19.4 Å². The van der Waals surface area contributed by atoms with Crippen molar-refractivity contribution >= 4 is 11.8 Å². The third-order valence-corrected chi connectivity index (χ3v) is 6.01. The van der Waals surface area contributed by atoms with Crippen molar-refractivity contribution in [3.8, 4) is 0 Å². The van der Waals surface area contributed by atoms with Crippen molar-refractivity contribution in [3.05, 3.63) is 23.3 Å². The Labute approximate surface area is 145 Å². The quantitative estimate of drug-likeness (QED) is 0.487. The number of ketones is 1. The summed E-state index contributed by atoms with van der Waals surface area (Å²) < 4.78 is 5.76. The van der Waals surface area contributed by atoms with Crippen molar-refractivity contribution in [1.82, 2.24) is 0 Å². The lowest BCUT2D eigenvalue weighted by Gasteiger charge is -2.45. The molecule has 4 nitrogen and oxygen atoms in total. The Bertz CT molecular complexity index is 601. The molecule has 4 atom stereocenters. The second-order valence-electron chi connectivity index (χ2n) is 8.02. The van der Waals surface area contributed by atoms with Crippen molar-refractivity contribution in [1.29, 1.82) is 0 Å². The van der Waals surface area contributed by atoms with Gasteiger partial charge < -0.3 is 9.84 Å². The maximum Gasteiger partial charge on any atom is 0.333 e. The van der Waals surface area contributed by atoms with E-state index in [0.717, 1.165) is 5.57 Å². The highest BCUT2D eigenvalue weighted by Crippen LogP contribution is 2.57. The molecule has 2 aliphatic carbocycles. The van der Waals surface area contributed by atoms with Gasteiger partial charge in [-0.25, -0.2) is 4.79 Å². The SMILES string of the molecule is C/C=C(/C)C(=O)O[C@H]1C=C(C)CC[C@]2(O)[C@@H](C(C)C)C(=O)C[C@]12C. The van der Waals surface area contributed by atoms with E-state index in [4.69, 9.17) is 4.74 Å². The summed E-state index contributed by atoms with van der Waals surface area (Å²) in [6.07, 6.45) is 4.51. The Hall–Kier alpha value is -1.42. The highest BCUT2D eigenvalue weighted by atomic mass is 16.5. The van der Waals surface area contributed by atoms with Gasteiger partial charge in [0, 0.05) is 23.3 Å². The van der Waals surface area contributed by atoms with Crippen LogP contribution in [0.1, 0.15) is 60.8 Å². The van der Waals surface area contributed by atoms with Gasteiger partial charge in [0.15, 0.2) is 0 Å². The standard InChI is InChI=1S/C20H30O4/c1-7-14(5)18(22)24-16-10-13(4)8-9-20(23)17(12(2)3)15(21)11-19(16,20)6/h7,10,12,16-17,23H,8-9,11H2,1-6H3/b14-7-/t16-,17-,19+,20-/m0/s1. The molecular weight excluding hydrogens is 304 g/mol. The molecule has 1 N–H and O–H groups in total. The summed E-state index contributed by atoms with van der Waals surface area (Å²) in [5.41, 5.74) is -0.325. The van der Waals surface area contributed by atoms with Gasteiger partial charge in [-0.2, -0.15) is 0 Å². The van der Waals surface area contributed by atoms with E-state index in [9.17, 15) is 14.7 Å². The predicted molar refractivity (Wildman–Crippen MR) is 93.3 cm³/mol. The highest BCUT2D eigenvalue weighted by molar-refractivity contribution is 5.89. The number of hydrogen-bond donors (Lipinski definition) is 1. The van der Waals surface area contributed by atoms with E-state index in [0.29, 0.717) is 18.4 Å². The Kier molecular flexibility index (Phi) is 5.10. The number of carbonyl (C=O) groups excluding carboxylic acids is 2. The van der Waals surface area contributed by atoms with Crippen LogP contribution in [0, 0.1) is 17.3 Å². The predicted octanol–water partition coefficient (Wildman–Crippen LogP) is 3.59. The minimum atomic E-state index is -1.15. The first-order valence-corrected chi connectivity index (χ1v) is 8.83. The minimum Gasteiger partial charge on any atom is -0.454 e. The summed E-state index contributed by atoms with van der Waals surface area (Å²) in [7, 11) is 0. The van der Waals surface area contributed by atoms with Gasteiger partial charge in [-0.15, -0.1) is 0 Å². The van der Waals surface area contributed by atoms with Gasteiger partial charge in [0.2, 0.25) is 0 Å². The number of allylic oxidation sites excluding steroid dienone is 2. The molecule has 1 saturated carbocycles. The Balaban J connectivity index is 2.48. The molecule has 0 saturated heterocycles. The second kappa shape index (κ2) is 6.47. The molecule has 0 aromatic rings. The van der Waals surface area contributed by atoms with Crippen LogP contribution in [0.4, 0.5) is 0 Å². The van der Waals surface area contributed by atoms with Gasteiger partial charge in [-0.3, -0.25) is 4.79 Å². The van der Waals surface area contributed by atoms with Crippen molar-refractivity contribution in [2.24, 2.45) is 17.3 Å². The third kappa shape index (κ3) is 2.85. The second-order valence-corrected chi connectivity index (χ2v) is 8.02. The molecule has 4 heteroatoms. The van der Waals surface area contributed by atoms with Crippen LogP contribution in [-0.2, 0) is 14.3 Å². The molecule has 0 radical (unpaired) electrons. The van der Waals surface area contributed by atoms with E-state index in [-0.39, 0.29) is 18.1 Å². The van der Waals surface area contributed by atoms with Crippen LogP contribution >= 0.6 is 0 Å². The topological polar surface area (TPSA) is 63.6 Å². The minimum absolute atomic E-state index is 0.0522. The van der Waals surface area contributed by atoms with Gasteiger partial charge in [0.1, 0.15) is 11.9 Å². The Morgan fingerprint density at radius 1 is 1.46 bits per heavy atom.